The summed E-state index contributed by atoms with van der Waals surface area (Å²) in [5.74, 6) is -1.14. The molecule has 0 aliphatic carbocycles. The molecule has 1 unspecified atom stereocenters. The molecule has 1 atom stereocenters. The van der Waals surface area contributed by atoms with E-state index in [1.807, 2.05) is 25.1 Å². The first-order valence-corrected chi connectivity index (χ1v) is 11.0. The van der Waals surface area contributed by atoms with E-state index in [0.717, 1.165) is 10.5 Å². The van der Waals surface area contributed by atoms with Gasteiger partial charge in [-0.1, -0.05) is 30.7 Å². The van der Waals surface area contributed by atoms with Crippen molar-refractivity contribution >= 4 is 46.6 Å². The molecule has 0 radical (unpaired) electrons. The number of nitrogens with zero attached hydrogens (tertiary/aromatic N) is 2. The quantitative estimate of drug-likeness (QED) is 0.613. The highest BCUT2D eigenvalue weighted by atomic mass is 35.5. The van der Waals surface area contributed by atoms with Crippen LogP contribution in [-0.2, 0) is 25.6 Å². The number of hydrogen-bond acceptors (Lipinski definition) is 4. The maximum absolute atomic E-state index is 13.2. The molecule has 1 heterocycles. The average molecular weight is 456 g/mol. The van der Waals surface area contributed by atoms with Gasteiger partial charge < -0.3 is 10.2 Å². The Labute approximate surface area is 192 Å². The van der Waals surface area contributed by atoms with E-state index in [0.29, 0.717) is 42.2 Å². The van der Waals surface area contributed by atoms with Crippen molar-refractivity contribution in [3.8, 4) is 0 Å². The lowest BCUT2D eigenvalue weighted by Gasteiger charge is -2.28. The molecule has 1 N–H and O–H groups in total. The second-order valence-electron chi connectivity index (χ2n) is 7.73. The van der Waals surface area contributed by atoms with E-state index >= 15 is 0 Å². The van der Waals surface area contributed by atoms with Crippen molar-refractivity contribution in [2.75, 3.05) is 16.8 Å². The van der Waals surface area contributed by atoms with Crippen molar-refractivity contribution in [3.63, 3.8) is 0 Å². The van der Waals surface area contributed by atoms with Gasteiger partial charge in [-0.3, -0.25) is 19.2 Å². The Bertz CT molecular complexity index is 1020. The zero-order valence-electron chi connectivity index (χ0n) is 18.1. The third kappa shape index (κ3) is 5.53. The van der Waals surface area contributed by atoms with Crippen LogP contribution < -0.4 is 10.2 Å². The van der Waals surface area contributed by atoms with E-state index in [2.05, 4.69) is 5.32 Å². The molecule has 7 nitrogen and oxygen atoms in total. The number of carbonyl (C=O) groups excluding carboxylic acids is 4. The van der Waals surface area contributed by atoms with Gasteiger partial charge in [-0.2, -0.15) is 0 Å². The summed E-state index contributed by atoms with van der Waals surface area (Å²) in [6.45, 7) is 3.62. The highest BCUT2D eigenvalue weighted by Gasteiger charge is 2.44. The smallest absolute Gasteiger partial charge is 0.257 e. The van der Waals surface area contributed by atoms with Gasteiger partial charge in [0.05, 0.1) is 12.1 Å². The van der Waals surface area contributed by atoms with Crippen molar-refractivity contribution in [1.82, 2.24) is 4.90 Å². The Balaban J connectivity index is 1.79. The van der Waals surface area contributed by atoms with Crippen molar-refractivity contribution in [3.05, 3.63) is 59.1 Å². The highest BCUT2D eigenvalue weighted by Crippen LogP contribution is 2.28. The number of carbonyl (C=O) groups is 4. The Kier molecular flexibility index (Phi) is 7.64. The Morgan fingerprint density at radius 3 is 2.50 bits per heavy atom. The standard InChI is InChI=1S/C24H26ClN3O4/c1-3-5-22(30)27(13-12-17-6-4-7-18(25)14-17)21-15-23(31)28(24(21)32)20-10-8-19(9-11-20)26-16(2)29/h4,6-11,14,21H,3,5,12-13,15H2,1-2H3,(H,26,29). The summed E-state index contributed by atoms with van der Waals surface area (Å²) < 4.78 is 0. The van der Waals surface area contributed by atoms with Crippen molar-refractivity contribution in [2.45, 2.75) is 45.6 Å². The second-order valence-corrected chi connectivity index (χ2v) is 8.17. The molecule has 1 saturated heterocycles. The molecule has 3 rings (SSSR count). The molecule has 1 aliphatic heterocycles. The lowest BCUT2D eigenvalue weighted by molar-refractivity contribution is -0.138. The van der Waals surface area contributed by atoms with Crippen molar-refractivity contribution in [2.24, 2.45) is 0 Å². The van der Waals surface area contributed by atoms with Gasteiger partial charge in [0.1, 0.15) is 6.04 Å². The lowest BCUT2D eigenvalue weighted by Crippen LogP contribution is -2.46. The van der Waals surface area contributed by atoms with Gasteiger partial charge in [0.15, 0.2) is 0 Å². The summed E-state index contributed by atoms with van der Waals surface area (Å²) in [6.07, 6.45) is 1.42. The number of imide groups is 1. The normalized spacial score (nSPS) is 15.7. The summed E-state index contributed by atoms with van der Waals surface area (Å²) in [5, 5.41) is 3.25. The summed E-state index contributed by atoms with van der Waals surface area (Å²) >= 11 is 6.06. The predicted molar refractivity (Wildman–Crippen MR) is 123 cm³/mol. The molecule has 2 aromatic rings. The van der Waals surface area contributed by atoms with Gasteiger partial charge in [0.2, 0.25) is 17.7 Å². The van der Waals surface area contributed by atoms with Crippen LogP contribution in [0.25, 0.3) is 0 Å². The first-order valence-electron chi connectivity index (χ1n) is 10.6. The van der Waals surface area contributed by atoms with Crippen LogP contribution in [0, 0.1) is 0 Å². The molecule has 0 bridgehead atoms. The van der Waals surface area contributed by atoms with Gasteiger partial charge in [0.25, 0.3) is 5.91 Å². The van der Waals surface area contributed by atoms with Gasteiger partial charge in [0, 0.05) is 30.6 Å². The first-order chi connectivity index (χ1) is 15.3. The van der Waals surface area contributed by atoms with E-state index in [1.54, 1.807) is 30.3 Å². The van der Waals surface area contributed by atoms with Crippen LogP contribution in [0.2, 0.25) is 5.02 Å². The topological polar surface area (TPSA) is 86.8 Å². The summed E-state index contributed by atoms with van der Waals surface area (Å²) in [7, 11) is 0. The van der Waals surface area contributed by atoms with Crippen LogP contribution in [-0.4, -0.2) is 41.1 Å². The molecular weight excluding hydrogens is 430 g/mol. The minimum absolute atomic E-state index is 0.0583. The maximum atomic E-state index is 13.2. The van der Waals surface area contributed by atoms with Gasteiger partial charge in [-0.25, -0.2) is 4.90 Å². The third-order valence-corrected chi connectivity index (χ3v) is 5.49. The summed E-state index contributed by atoms with van der Waals surface area (Å²) in [6, 6.07) is 13.0. The third-order valence-electron chi connectivity index (χ3n) is 5.26. The van der Waals surface area contributed by atoms with E-state index in [1.165, 1.54) is 11.8 Å². The second kappa shape index (κ2) is 10.4. The molecule has 1 fully saturated rings. The van der Waals surface area contributed by atoms with Crippen LogP contribution >= 0.6 is 11.6 Å². The Morgan fingerprint density at radius 1 is 1.16 bits per heavy atom. The molecular formula is C24H26ClN3O4. The number of rotatable bonds is 8. The number of anilines is 2. The van der Waals surface area contributed by atoms with E-state index in [4.69, 9.17) is 11.6 Å². The SMILES string of the molecule is CCCC(=O)N(CCc1cccc(Cl)c1)C1CC(=O)N(c2ccc(NC(C)=O)cc2)C1=O. The van der Waals surface area contributed by atoms with Crippen LogP contribution in [0.1, 0.15) is 38.7 Å². The fraction of sp³-hybridized carbons (Fsp3) is 0.333. The van der Waals surface area contributed by atoms with Gasteiger partial charge >= 0.3 is 0 Å². The molecule has 0 saturated carbocycles. The molecule has 2 aromatic carbocycles. The largest absolute Gasteiger partial charge is 0.330 e. The molecule has 32 heavy (non-hydrogen) atoms. The predicted octanol–water partition coefficient (Wildman–Crippen LogP) is 3.80. The van der Waals surface area contributed by atoms with Gasteiger partial charge in [-0.05, 0) is 54.8 Å². The number of nitrogens with one attached hydrogen (secondary N) is 1. The van der Waals surface area contributed by atoms with Crippen LogP contribution in [0.4, 0.5) is 11.4 Å². The minimum atomic E-state index is -0.837. The maximum Gasteiger partial charge on any atom is 0.257 e. The molecule has 8 heteroatoms. The fourth-order valence-electron chi connectivity index (χ4n) is 3.78. The van der Waals surface area contributed by atoms with Crippen LogP contribution in [0.3, 0.4) is 0 Å². The zero-order chi connectivity index (χ0) is 23.3. The summed E-state index contributed by atoms with van der Waals surface area (Å²) in [4.78, 5) is 52.6. The minimum Gasteiger partial charge on any atom is -0.330 e. The van der Waals surface area contributed by atoms with Gasteiger partial charge in [-0.15, -0.1) is 0 Å². The molecule has 168 valence electrons. The summed E-state index contributed by atoms with van der Waals surface area (Å²) in [5.41, 5.74) is 1.93. The highest BCUT2D eigenvalue weighted by molar-refractivity contribution is 6.30. The van der Waals surface area contributed by atoms with Crippen molar-refractivity contribution in [1.29, 1.82) is 0 Å². The zero-order valence-corrected chi connectivity index (χ0v) is 18.9. The van der Waals surface area contributed by atoms with E-state index in [-0.39, 0.29) is 24.1 Å². The number of benzene rings is 2. The number of hydrogen-bond donors (Lipinski definition) is 1. The number of halogens is 1. The van der Waals surface area contributed by atoms with Crippen LogP contribution in [0.15, 0.2) is 48.5 Å². The molecule has 0 aromatic heterocycles. The molecule has 0 spiro atoms. The Morgan fingerprint density at radius 2 is 1.88 bits per heavy atom. The Hall–Kier alpha value is -3.19. The monoisotopic (exact) mass is 455 g/mol. The fourth-order valence-corrected chi connectivity index (χ4v) is 3.99. The number of amides is 4. The average Bonchev–Trinajstić information content (AvgIpc) is 3.03. The van der Waals surface area contributed by atoms with Crippen LogP contribution in [0.5, 0.6) is 0 Å². The van der Waals surface area contributed by atoms with E-state index in [9.17, 15) is 19.2 Å². The molecule has 1 aliphatic rings. The molecule has 4 amide bonds. The first kappa shape index (κ1) is 23.5. The van der Waals surface area contributed by atoms with Crippen molar-refractivity contribution < 1.29 is 19.2 Å². The lowest BCUT2D eigenvalue weighted by atomic mass is 10.1. The van der Waals surface area contributed by atoms with E-state index < -0.39 is 11.9 Å².